The second-order valence-corrected chi connectivity index (χ2v) is 6.30. The Labute approximate surface area is 124 Å². The van der Waals surface area contributed by atoms with Crippen molar-refractivity contribution in [2.75, 3.05) is 20.8 Å². The zero-order chi connectivity index (χ0) is 16.0. The van der Waals surface area contributed by atoms with Gasteiger partial charge in [0.05, 0.1) is 20.8 Å². The molecule has 21 heavy (non-hydrogen) atoms. The van der Waals surface area contributed by atoms with Crippen molar-refractivity contribution in [2.24, 2.45) is 0 Å². The van der Waals surface area contributed by atoms with E-state index >= 15 is 0 Å². The Kier molecular flexibility index (Phi) is 5.98. The van der Waals surface area contributed by atoms with Gasteiger partial charge in [-0.1, -0.05) is 0 Å². The number of amides is 1. The lowest BCUT2D eigenvalue weighted by molar-refractivity contribution is -0.120. The maximum Gasteiger partial charge on any atom is 0.244 e. The average Bonchev–Trinajstić information content (AvgIpc) is 2.44. The molecule has 1 aromatic rings. The minimum atomic E-state index is -3.88. The summed E-state index contributed by atoms with van der Waals surface area (Å²) in [6.45, 7) is 3.23. The monoisotopic (exact) mass is 316 g/mol. The Morgan fingerprint density at radius 1 is 1.24 bits per heavy atom. The van der Waals surface area contributed by atoms with Crippen LogP contribution < -0.4 is 19.5 Å². The van der Waals surface area contributed by atoms with Gasteiger partial charge in [0, 0.05) is 12.1 Å². The van der Waals surface area contributed by atoms with Gasteiger partial charge in [-0.05, 0) is 26.0 Å². The van der Waals surface area contributed by atoms with Crippen molar-refractivity contribution in [1.29, 1.82) is 0 Å². The van der Waals surface area contributed by atoms with Gasteiger partial charge in [-0.15, -0.1) is 0 Å². The molecule has 0 spiro atoms. The third-order valence-corrected chi connectivity index (χ3v) is 3.96. The minimum absolute atomic E-state index is 0.0617. The Bertz CT molecular complexity index is 599. The van der Waals surface area contributed by atoms with Crippen LogP contribution in [0.5, 0.6) is 11.5 Å². The lowest BCUT2D eigenvalue weighted by Gasteiger charge is -2.13. The molecule has 0 aliphatic rings. The van der Waals surface area contributed by atoms with E-state index in [0.29, 0.717) is 5.75 Å². The van der Waals surface area contributed by atoms with E-state index in [-0.39, 0.29) is 23.2 Å². The molecule has 0 radical (unpaired) electrons. The zero-order valence-electron chi connectivity index (χ0n) is 12.5. The molecule has 0 aromatic heterocycles. The fraction of sp³-hybridized carbons (Fsp3) is 0.462. The van der Waals surface area contributed by atoms with Crippen molar-refractivity contribution in [2.45, 2.75) is 24.8 Å². The average molecular weight is 316 g/mol. The molecule has 1 aromatic carbocycles. The van der Waals surface area contributed by atoms with Crippen LogP contribution in [0.1, 0.15) is 13.8 Å². The van der Waals surface area contributed by atoms with Crippen molar-refractivity contribution in [3.05, 3.63) is 18.2 Å². The molecule has 0 aliphatic heterocycles. The van der Waals surface area contributed by atoms with Gasteiger partial charge in [-0.3, -0.25) is 4.79 Å². The van der Waals surface area contributed by atoms with Crippen LogP contribution in [0.4, 0.5) is 0 Å². The predicted molar refractivity (Wildman–Crippen MR) is 78.0 cm³/mol. The Morgan fingerprint density at radius 3 is 2.43 bits per heavy atom. The van der Waals surface area contributed by atoms with Crippen LogP contribution in [0.25, 0.3) is 0 Å². The van der Waals surface area contributed by atoms with Gasteiger partial charge >= 0.3 is 0 Å². The molecule has 8 heteroatoms. The first-order valence-corrected chi connectivity index (χ1v) is 7.79. The Balaban J connectivity index is 2.94. The Morgan fingerprint density at radius 2 is 1.90 bits per heavy atom. The highest BCUT2D eigenvalue weighted by molar-refractivity contribution is 7.89. The highest BCUT2D eigenvalue weighted by atomic mass is 32.2. The molecule has 0 saturated heterocycles. The van der Waals surface area contributed by atoms with Gasteiger partial charge in [0.15, 0.2) is 0 Å². The predicted octanol–water partition coefficient (Wildman–Crippen LogP) is 0.507. The molecule has 1 amide bonds. The molecular formula is C13H20N2O5S. The molecule has 0 unspecified atom stereocenters. The number of carbonyl (C=O) groups is 1. The quantitative estimate of drug-likeness (QED) is 0.764. The number of benzene rings is 1. The zero-order valence-corrected chi connectivity index (χ0v) is 13.3. The molecule has 0 saturated carbocycles. The van der Waals surface area contributed by atoms with Crippen LogP contribution in [-0.2, 0) is 14.8 Å². The van der Waals surface area contributed by atoms with Gasteiger partial charge in [0.2, 0.25) is 15.9 Å². The molecule has 0 bridgehead atoms. The maximum atomic E-state index is 12.2. The van der Waals surface area contributed by atoms with E-state index in [2.05, 4.69) is 10.0 Å². The normalized spacial score (nSPS) is 11.3. The van der Waals surface area contributed by atoms with E-state index in [4.69, 9.17) is 9.47 Å². The Hall–Kier alpha value is -1.80. The molecule has 7 nitrogen and oxygen atoms in total. The van der Waals surface area contributed by atoms with Gasteiger partial charge in [-0.25, -0.2) is 13.1 Å². The van der Waals surface area contributed by atoms with Crippen LogP contribution in [0.2, 0.25) is 0 Å². The third-order valence-electron chi connectivity index (χ3n) is 2.53. The summed E-state index contributed by atoms with van der Waals surface area (Å²) in [5.41, 5.74) is 0. The van der Waals surface area contributed by atoms with E-state index < -0.39 is 15.9 Å². The van der Waals surface area contributed by atoms with Gasteiger partial charge < -0.3 is 14.8 Å². The number of sulfonamides is 1. The summed E-state index contributed by atoms with van der Waals surface area (Å²) in [6, 6.07) is 4.35. The van der Waals surface area contributed by atoms with Gasteiger partial charge in [0.25, 0.3) is 0 Å². The van der Waals surface area contributed by atoms with Crippen molar-refractivity contribution < 1.29 is 22.7 Å². The summed E-state index contributed by atoms with van der Waals surface area (Å²) in [5.74, 6) is 0.144. The summed E-state index contributed by atoms with van der Waals surface area (Å²) in [7, 11) is -1.08. The molecule has 0 aliphatic carbocycles. The summed E-state index contributed by atoms with van der Waals surface area (Å²) in [6.07, 6.45) is 0. The number of hydrogen-bond donors (Lipinski definition) is 2. The first kappa shape index (κ1) is 17.3. The molecule has 0 heterocycles. The van der Waals surface area contributed by atoms with Gasteiger partial charge in [0.1, 0.15) is 16.4 Å². The molecule has 0 atom stereocenters. The lowest BCUT2D eigenvalue weighted by atomic mass is 10.3. The number of hydrogen-bond acceptors (Lipinski definition) is 5. The number of methoxy groups -OCH3 is 2. The SMILES string of the molecule is COc1ccc(OC)c(S(=O)(=O)NCC(=O)NC(C)C)c1. The van der Waals surface area contributed by atoms with Crippen molar-refractivity contribution in [3.8, 4) is 11.5 Å². The summed E-state index contributed by atoms with van der Waals surface area (Å²) >= 11 is 0. The van der Waals surface area contributed by atoms with Crippen LogP contribution in [0, 0.1) is 0 Å². The number of rotatable bonds is 7. The van der Waals surface area contributed by atoms with Crippen LogP contribution in [0.15, 0.2) is 23.1 Å². The van der Waals surface area contributed by atoms with E-state index in [0.717, 1.165) is 0 Å². The van der Waals surface area contributed by atoms with Crippen molar-refractivity contribution >= 4 is 15.9 Å². The lowest BCUT2D eigenvalue weighted by Crippen LogP contribution is -2.39. The fourth-order valence-corrected chi connectivity index (χ4v) is 2.77. The van der Waals surface area contributed by atoms with E-state index in [1.165, 1.54) is 26.4 Å². The standard InChI is InChI=1S/C13H20N2O5S/c1-9(2)15-13(16)8-14-21(17,18)12-7-10(19-3)5-6-11(12)20-4/h5-7,9,14H,8H2,1-4H3,(H,15,16). The smallest absolute Gasteiger partial charge is 0.244 e. The van der Waals surface area contributed by atoms with Crippen LogP contribution >= 0.6 is 0 Å². The van der Waals surface area contributed by atoms with Crippen LogP contribution in [0.3, 0.4) is 0 Å². The summed E-state index contributed by atoms with van der Waals surface area (Å²) in [4.78, 5) is 11.4. The highest BCUT2D eigenvalue weighted by Gasteiger charge is 2.21. The number of ether oxygens (including phenoxy) is 2. The van der Waals surface area contributed by atoms with Crippen LogP contribution in [-0.4, -0.2) is 41.1 Å². The number of nitrogens with one attached hydrogen (secondary N) is 2. The fourth-order valence-electron chi connectivity index (χ4n) is 1.61. The molecule has 1 rings (SSSR count). The first-order valence-electron chi connectivity index (χ1n) is 6.31. The summed E-state index contributed by atoms with van der Waals surface area (Å²) in [5, 5.41) is 2.60. The largest absolute Gasteiger partial charge is 0.497 e. The second-order valence-electron chi connectivity index (χ2n) is 4.56. The topological polar surface area (TPSA) is 93.7 Å². The van der Waals surface area contributed by atoms with Crippen molar-refractivity contribution in [1.82, 2.24) is 10.0 Å². The summed E-state index contributed by atoms with van der Waals surface area (Å²) < 4.78 is 36.7. The first-order chi connectivity index (χ1) is 9.80. The highest BCUT2D eigenvalue weighted by Crippen LogP contribution is 2.27. The van der Waals surface area contributed by atoms with E-state index in [1.807, 2.05) is 0 Å². The second kappa shape index (κ2) is 7.28. The molecular weight excluding hydrogens is 296 g/mol. The maximum absolute atomic E-state index is 12.2. The molecule has 118 valence electrons. The van der Waals surface area contributed by atoms with E-state index in [9.17, 15) is 13.2 Å². The molecule has 0 fully saturated rings. The third kappa shape index (κ3) is 4.91. The minimum Gasteiger partial charge on any atom is -0.497 e. The van der Waals surface area contributed by atoms with Gasteiger partial charge in [-0.2, -0.15) is 0 Å². The van der Waals surface area contributed by atoms with Crippen molar-refractivity contribution in [3.63, 3.8) is 0 Å². The molecule has 2 N–H and O–H groups in total. The van der Waals surface area contributed by atoms with E-state index in [1.54, 1.807) is 19.9 Å². The number of carbonyl (C=O) groups excluding carboxylic acids is 1.